The van der Waals surface area contributed by atoms with E-state index in [1.54, 1.807) is 0 Å². The molecular formula is C19H12BrClF9N3O4. The number of alkyl halides is 9. The number of carbonyl (C=O) groups is 1. The van der Waals surface area contributed by atoms with Crippen LogP contribution in [0.4, 0.5) is 51.1 Å². The Bertz CT molecular complexity index is 1280. The number of methoxy groups -OCH3 is 2. The van der Waals surface area contributed by atoms with Crippen LogP contribution in [0.3, 0.4) is 0 Å². The summed E-state index contributed by atoms with van der Waals surface area (Å²) >= 11 is 7.97. The van der Waals surface area contributed by atoms with Gasteiger partial charge in [0, 0.05) is 13.3 Å². The van der Waals surface area contributed by atoms with Gasteiger partial charge in [-0.1, -0.05) is 18.2 Å². The predicted molar refractivity (Wildman–Crippen MR) is 114 cm³/mol. The van der Waals surface area contributed by atoms with E-state index in [1.807, 2.05) is 0 Å². The lowest BCUT2D eigenvalue weighted by Crippen LogP contribution is -2.44. The lowest BCUT2D eigenvalue weighted by Gasteiger charge is -2.33. The van der Waals surface area contributed by atoms with Crippen LogP contribution in [-0.4, -0.2) is 36.0 Å². The largest absolute Gasteiger partial charge is 0.466 e. The lowest BCUT2D eigenvalue weighted by molar-refractivity contribution is -0.151. The Hall–Kier alpha value is -2.79. The van der Waals surface area contributed by atoms with Crippen molar-refractivity contribution in [3.05, 3.63) is 55.4 Å². The first-order valence-corrected chi connectivity index (χ1v) is 10.4. The molecule has 0 N–H and O–H groups in total. The van der Waals surface area contributed by atoms with E-state index in [0.717, 1.165) is 14.2 Å². The molecule has 0 aliphatic heterocycles. The minimum absolute atomic E-state index is 0.0645. The number of esters is 1. The van der Waals surface area contributed by atoms with Crippen molar-refractivity contribution >= 4 is 51.3 Å². The molecule has 18 heteroatoms. The average Bonchev–Trinajstić information content (AvgIpc) is 2.76. The minimum Gasteiger partial charge on any atom is -0.466 e. The normalized spacial score (nSPS) is 13.3. The Morgan fingerprint density at radius 2 is 1.68 bits per heavy atom. The summed E-state index contributed by atoms with van der Waals surface area (Å²) in [5.74, 6) is -2.84. The van der Waals surface area contributed by atoms with Gasteiger partial charge in [0.2, 0.25) is 12.2 Å². The lowest BCUT2D eigenvalue weighted by atomic mass is 10.1. The zero-order valence-corrected chi connectivity index (χ0v) is 20.5. The number of halogens is 11. The number of ether oxygens (including phenoxy) is 2. The molecule has 1 aromatic carbocycles. The molecule has 37 heavy (non-hydrogen) atoms. The van der Waals surface area contributed by atoms with E-state index in [1.165, 1.54) is 0 Å². The third-order valence-electron chi connectivity index (χ3n) is 4.51. The van der Waals surface area contributed by atoms with Crippen molar-refractivity contribution in [1.29, 1.82) is 0 Å². The fourth-order valence-corrected chi connectivity index (χ4v) is 3.81. The summed E-state index contributed by atoms with van der Waals surface area (Å²) in [6.07, 6.45) is -18.1. The minimum atomic E-state index is -5.43. The molecule has 0 saturated heterocycles. The highest BCUT2D eigenvalue weighted by Gasteiger charge is 2.44. The Balaban J connectivity index is 3.21. The average molecular weight is 633 g/mol. The van der Waals surface area contributed by atoms with Crippen molar-refractivity contribution in [3.8, 4) is 0 Å². The standard InChI is InChI=1S/C19H12BrClF9N3O4/c1-4-32-13(34)11(21)12(19(28,29)30)31-16(32)33(14(36-2)15(35)37-3)9-6-7(17(22,23)24)5-8(10(9)20)18(25,26)27/h4-6,14H,1H2,2-3H3. The Kier molecular flexibility index (Phi) is 8.66. The first-order valence-electron chi connectivity index (χ1n) is 9.20. The second-order valence-electron chi connectivity index (χ2n) is 6.76. The smallest absolute Gasteiger partial charge is 0.435 e. The third-order valence-corrected chi connectivity index (χ3v) is 5.69. The molecule has 0 aliphatic rings. The Labute approximate surface area is 214 Å². The van der Waals surface area contributed by atoms with Gasteiger partial charge in [-0.05, 0) is 28.1 Å². The van der Waals surface area contributed by atoms with Crippen molar-refractivity contribution in [3.63, 3.8) is 0 Å². The molecule has 204 valence electrons. The van der Waals surface area contributed by atoms with Gasteiger partial charge in [-0.2, -0.15) is 39.5 Å². The molecular weight excluding hydrogens is 621 g/mol. The van der Waals surface area contributed by atoms with E-state index >= 15 is 0 Å². The summed E-state index contributed by atoms with van der Waals surface area (Å²) in [4.78, 5) is 28.2. The first kappa shape index (κ1) is 30.4. The van der Waals surface area contributed by atoms with Gasteiger partial charge in [-0.15, -0.1) is 0 Å². The second-order valence-corrected chi connectivity index (χ2v) is 7.93. The van der Waals surface area contributed by atoms with Crippen molar-refractivity contribution in [2.75, 3.05) is 19.1 Å². The van der Waals surface area contributed by atoms with E-state index in [0.29, 0.717) is 6.20 Å². The van der Waals surface area contributed by atoms with E-state index in [4.69, 9.17) is 16.3 Å². The summed E-state index contributed by atoms with van der Waals surface area (Å²) in [7, 11) is 1.48. The van der Waals surface area contributed by atoms with Crippen molar-refractivity contribution in [2.24, 2.45) is 0 Å². The summed E-state index contributed by atoms with van der Waals surface area (Å²) in [5.41, 5.74) is -8.80. The van der Waals surface area contributed by atoms with Gasteiger partial charge in [-0.25, -0.2) is 9.78 Å². The number of benzene rings is 1. The van der Waals surface area contributed by atoms with Crippen LogP contribution in [0.25, 0.3) is 6.20 Å². The molecule has 2 rings (SSSR count). The molecule has 0 radical (unpaired) electrons. The summed E-state index contributed by atoms with van der Waals surface area (Å²) in [6.45, 7) is 3.18. The number of aromatic nitrogens is 2. The number of hydrogen-bond acceptors (Lipinski definition) is 6. The number of nitrogens with zero attached hydrogens (tertiary/aromatic N) is 3. The fraction of sp³-hybridized carbons (Fsp3) is 0.316. The highest BCUT2D eigenvalue weighted by molar-refractivity contribution is 9.10. The quantitative estimate of drug-likeness (QED) is 0.218. The maximum Gasteiger partial charge on any atom is 0.435 e. The molecule has 1 heterocycles. The van der Waals surface area contributed by atoms with E-state index < -0.39 is 74.2 Å². The van der Waals surface area contributed by atoms with Gasteiger partial charge < -0.3 is 9.47 Å². The molecule has 0 bridgehead atoms. The molecule has 7 nitrogen and oxygen atoms in total. The van der Waals surface area contributed by atoms with Gasteiger partial charge in [-0.3, -0.25) is 14.3 Å². The van der Waals surface area contributed by atoms with Crippen molar-refractivity contribution in [2.45, 2.75) is 24.8 Å². The van der Waals surface area contributed by atoms with Crippen LogP contribution in [-0.2, 0) is 32.8 Å². The Morgan fingerprint density at radius 1 is 1.11 bits per heavy atom. The number of carbonyl (C=O) groups excluding carboxylic acids is 1. The molecule has 1 unspecified atom stereocenters. The molecule has 0 amide bonds. The molecule has 1 aromatic heterocycles. The SMILES string of the molecule is C=Cn1c(N(c2cc(C(F)(F)F)cc(C(F)(F)F)c2Br)C(OC)C(=O)OC)nc(C(F)(F)F)c(Cl)c1=O. The zero-order valence-electron chi connectivity index (χ0n) is 18.1. The fourth-order valence-electron chi connectivity index (χ4n) is 2.92. The van der Waals surface area contributed by atoms with Crippen LogP contribution in [0.2, 0.25) is 5.02 Å². The highest BCUT2D eigenvalue weighted by Crippen LogP contribution is 2.46. The maximum atomic E-state index is 13.7. The van der Waals surface area contributed by atoms with Crippen LogP contribution in [0, 0.1) is 0 Å². The summed E-state index contributed by atoms with van der Waals surface area (Å²) < 4.78 is 131. The zero-order chi connectivity index (χ0) is 28.7. The maximum absolute atomic E-state index is 13.7. The summed E-state index contributed by atoms with van der Waals surface area (Å²) in [6, 6.07) is -0.210. The molecule has 0 fully saturated rings. The molecule has 1 atom stereocenters. The number of anilines is 2. The molecule has 2 aromatic rings. The number of rotatable bonds is 6. The van der Waals surface area contributed by atoms with Gasteiger partial charge in [0.05, 0.1) is 28.4 Å². The molecule has 0 spiro atoms. The summed E-state index contributed by atoms with van der Waals surface area (Å²) in [5, 5.41) is -1.50. The van der Waals surface area contributed by atoms with Crippen LogP contribution >= 0.6 is 27.5 Å². The van der Waals surface area contributed by atoms with E-state index in [9.17, 15) is 49.1 Å². The number of hydrogen-bond donors (Lipinski definition) is 0. The molecule has 0 saturated carbocycles. The van der Waals surface area contributed by atoms with Crippen molar-refractivity contribution < 1.29 is 53.8 Å². The third kappa shape index (κ3) is 6.04. The Morgan fingerprint density at radius 3 is 2.08 bits per heavy atom. The van der Waals surface area contributed by atoms with Gasteiger partial charge in [0.1, 0.15) is 5.02 Å². The van der Waals surface area contributed by atoms with Crippen LogP contribution in [0.5, 0.6) is 0 Å². The van der Waals surface area contributed by atoms with Gasteiger partial charge in [0.15, 0.2) is 5.69 Å². The van der Waals surface area contributed by atoms with Crippen molar-refractivity contribution in [1.82, 2.24) is 9.55 Å². The topological polar surface area (TPSA) is 73.7 Å². The highest BCUT2D eigenvalue weighted by atomic mass is 79.9. The predicted octanol–water partition coefficient (Wildman–Crippen LogP) is 6.10. The van der Waals surface area contributed by atoms with Gasteiger partial charge in [0.25, 0.3) is 5.56 Å². The van der Waals surface area contributed by atoms with E-state index in [2.05, 4.69) is 32.2 Å². The first-order chi connectivity index (χ1) is 16.8. The monoisotopic (exact) mass is 631 g/mol. The van der Waals surface area contributed by atoms with Crippen LogP contribution < -0.4 is 10.5 Å². The van der Waals surface area contributed by atoms with Crippen LogP contribution in [0.1, 0.15) is 16.8 Å². The second kappa shape index (κ2) is 10.5. The van der Waals surface area contributed by atoms with E-state index in [-0.39, 0.29) is 21.6 Å². The van der Waals surface area contributed by atoms with Crippen LogP contribution in [0.15, 0.2) is 28.0 Å². The van der Waals surface area contributed by atoms with Gasteiger partial charge >= 0.3 is 24.5 Å². The molecule has 0 aliphatic carbocycles.